The predicted octanol–water partition coefficient (Wildman–Crippen LogP) is 5.97. The summed E-state index contributed by atoms with van der Waals surface area (Å²) in [5.41, 5.74) is 4.30. The number of carbonyl (C=O) groups excluding carboxylic acids is 3. The highest BCUT2D eigenvalue weighted by Gasteiger charge is 2.41. The molecule has 1 aliphatic carbocycles. The van der Waals surface area contributed by atoms with E-state index >= 15 is 0 Å². The van der Waals surface area contributed by atoms with Gasteiger partial charge in [-0.3, -0.25) is 9.59 Å². The number of ether oxygens (including phenoxy) is 2. The van der Waals surface area contributed by atoms with Gasteiger partial charge in [0, 0.05) is 41.3 Å². The summed E-state index contributed by atoms with van der Waals surface area (Å²) in [6.45, 7) is 6.98. The summed E-state index contributed by atoms with van der Waals surface area (Å²) in [6, 6.07) is 14.5. The SMILES string of the molecule is CC[C@H](C)OC(=O)C1=C(C)NC2=C(C(=O)C[C@@H](c3ccc(Cl)cc3)C2)[C@H]1c1ccc(OC(C)=O)cc1. The number of dihydropyridines is 1. The second-order valence-electron chi connectivity index (χ2n) is 9.36. The zero-order chi connectivity index (χ0) is 26.0. The Balaban J connectivity index is 1.76. The molecule has 0 saturated carbocycles. The number of benzene rings is 2. The van der Waals surface area contributed by atoms with Crippen molar-refractivity contribution in [3.63, 3.8) is 0 Å². The molecule has 2 aromatic carbocycles. The Kier molecular flexibility index (Phi) is 7.65. The Hall–Kier alpha value is -3.38. The first-order valence-corrected chi connectivity index (χ1v) is 12.5. The minimum atomic E-state index is -0.581. The van der Waals surface area contributed by atoms with Crippen LogP contribution in [0, 0.1) is 0 Å². The van der Waals surface area contributed by atoms with E-state index < -0.39 is 17.9 Å². The van der Waals surface area contributed by atoms with E-state index in [1.165, 1.54) is 6.92 Å². The molecule has 0 fully saturated rings. The quantitative estimate of drug-likeness (QED) is 0.383. The van der Waals surface area contributed by atoms with Crippen molar-refractivity contribution in [2.45, 2.75) is 64.9 Å². The lowest BCUT2D eigenvalue weighted by Gasteiger charge is -2.37. The van der Waals surface area contributed by atoms with Crippen LogP contribution in [-0.4, -0.2) is 23.8 Å². The molecule has 7 heteroatoms. The molecular weight excluding hydrogens is 478 g/mol. The molecule has 0 saturated heterocycles. The maximum absolute atomic E-state index is 13.7. The summed E-state index contributed by atoms with van der Waals surface area (Å²) in [5.74, 6) is -1.05. The number of rotatable bonds is 6. The monoisotopic (exact) mass is 507 g/mol. The van der Waals surface area contributed by atoms with Gasteiger partial charge in [0.2, 0.25) is 0 Å². The van der Waals surface area contributed by atoms with Crippen LogP contribution in [-0.2, 0) is 19.1 Å². The summed E-state index contributed by atoms with van der Waals surface area (Å²) in [5, 5.41) is 4.01. The second-order valence-corrected chi connectivity index (χ2v) is 9.79. The van der Waals surface area contributed by atoms with Gasteiger partial charge in [0.05, 0.1) is 11.7 Å². The lowest BCUT2D eigenvalue weighted by atomic mass is 9.71. The number of hydrogen-bond acceptors (Lipinski definition) is 6. The highest BCUT2D eigenvalue weighted by Crippen LogP contribution is 2.46. The van der Waals surface area contributed by atoms with Gasteiger partial charge in [-0.05, 0) is 68.0 Å². The van der Waals surface area contributed by atoms with Crippen molar-refractivity contribution >= 4 is 29.3 Å². The molecule has 0 bridgehead atoms. The van der Waals surface area contributed by atoms with Gasteiger partial charge in [-0.15, -0.1) is 0 Å². The molecule has 36 heavy (non-hydrogen) atoms. The molecule has 0 unspecified atom stereocenters. The Morgan fingerprint density at radius 3 is 2.31 bits per heavy atom. The number of ketones is 1. The fraction of sp³-hybridized carbons (Fsp3) is 0.345. The van der Waals surface area contributed by atoms with Crippen LogP contribution in [0.3, 0.4) is 0 Å². The predicted molar refractivity (Wildman–Crippen MR) is 138 cm³/mol. The molecule has 0 aromatic heterocycles. The van der Waals surface area contributed by atoms with Crippen molar-refractivity contribution in [1.82, 2.24) is 5.32 Å². The van der Waals surface area contributed by atoms with Crippen molar-refractivity contribution in [3.05, 3.63) is 87.2 Å². The molecule has 6 nitrogen and oxygen atoms in total. The number of carbonyl (C=O) groups is 3. The second kappa shape index (κ2) is 10.7. The summed E-state index contributed by atoms with van der Waals surface area (Å²) in [7, 11) is 0. The van der Waals surface area contributed by atoms with Crippen molar-refractivity contribution in [1.29, 1.82) is 0 Å². The molecule has 1 aliphatic heterocycles. The van der Waals surface area contributed by atoms with Crippen molar-refractivity contribution in [2.75, 3.05) is 0 Å². The lowest BCUT2D eigenvalue weighted by Crippen LogP contribution is -2.36. The van der Waals surface area contributed by atoms with E-state index in [1.54, 1.807) is 24.3 Å². The van der Waals surface area contributed by atoms with E-state index in [-0.39, 0.29) is 17.8 Å². The number of Topliss-reactive ketones (excluding diaryl/α,β-unsaturated/α-hetero) is 1. The van der Waals surface area contributed by atoms with Crippen molar-refractivity contribution in [3.8, 4) is 5.75 Å². The zero-order valence-corrected chi connectivity index (χ0v) is 21.6. The highest BCUT2D eigenvalue weighted by atomic mass is 35.5. The molecule has 1 N–H and O–H groups in total. The minimum Gasteiger partial charge on any atom is -0.459 e. The molecule has 188 valence electrons. The highest BCUT2D eigenvalue weighted by molar-refractivity contribution is 6.30. The molecule has 0 amide bonds. The average molecular weight is 508 g/mol. The molecule has 1 heterocycles. The van der Waals surface area contributed by atoms with Crippen molar-refractivity contribution in [2.24, 2.45) is 0 Å². The number of nitrogens with one attached hydrogen (secondary N) is 1. The van der Waals surface area contributed by atoms with Crippen LogP contribution in [0.5, 0.6) is 5.75 Å². The van der Waals surface area contributed by atoms with Crippen LogP contribution in [0.4, 0.5) is 0 Å². The maximum Gasteiger partial charge on any atom is 0.337 e. The van der Waals surface area contributed by atoms with Crippen LogP contribution in [0.1, 0.15) is 69.9 Å². The Morgan fingerprint density at radius 1 is 1.06 bits per heavy atom. The van der Waals surface area contributed by atoms with Crippen molar-refractivity contribution < 1.29 is 23.9 Å². The number of esters is 2. The Morgan fingerprint density at radius 2 is 1.69 bits per heavy atom. The van der Waals surface area contributed by atoms with Gasteiger partial charge in [-0.2, -0.15) is 0 Å². The number of allylic oxidation sites excluding steroid dienone is 3. The molecule has 4 rings (SSSR count). The van der Waals surface area contributed by atoms with Crippen LogP contribution < -0.4 is 10.1 Å². The molecule has 3 atom stereocenters. The largest absolute Gasteiger partial charge is 0.459 e. The lowest BCUT2D eigenvalue weighted by molar-refractivity contribution is -0.144. The Labute approximate surface area is 216 Å². The van der Waals surface area contributed by atoms with E-state index in [0.29, 0.717) is 46.9 Å². The van der Waals surface area contributed by atoms with E-state index in [9.17, 15) is 14.4 Å². The summed E-state index contributed by atoms with van der Waals surface area (Å²) in [6.07, 6.45) is 1.40. The average Bonchev–Trinajstić information content (AvgIpc) is 2.83. The van der Waals surface area contributed by atoms with Crippen LogP contribution in [0.25, 0.3) is 0 Å². The van der Waals surface area contributed by atoms with E-state index in [2.05, 4.69) is 5.32 Å². The minimum absolute atomic E-state index is 0.00873. The maximum atomic E-state index is 13.7. The first-order chi connectivity index (χ1) is 17.2. The van der Waals surface area contributed by atoms with Gasteiger partial charge in [-0.25, -0.2) is 4.79 Å². The van der Waals surface area contributed by atoms with Crippen LogP contribution in [0.15, 0.2) is 71.1 Å². The van der Waals surface area contributed by atoms with E-state index in [4.69, 9.17) is 21.1 Å². The van der Waals surface area contributed by atoms with Gasteiger partial charge in [-0.1, -0.05) is 42.8 Å². The van der Waals surface area contributed by atoms with Crippen LogP contribution >= 0.6 is 11.6 Å². The summed E-state index contributed by atoms with van der Waals surface area (Å²) < 4.78 is 10.9. The third-order valence-corrected chi connectivity index (χ3v) is 7.00. The first kappa shape index (κ1) is 25.7. The molecule has 2 aliphatic rings. The molecular formula is C29H30ClNO5. The van der Waals surface area contributed by atoms with E-state index in [1.807, 2.05) is 45.0 Å². The van der Waals surface area contributed by atoms with Crippen LogP contribution in [0.2, 0.25) is 5.02 Å². The molecule has 0 spiro atoms. The fourth-order valence-corrected chi connectivity index (χ4v) is 4.96. The number of hydrogen-bond donors (Lipinski definition) is 1. The van der Waals surface area contributed by atoms with Gasteiger partial charge in [0.1, 0.15) is 5.75 Å². The first-order valence-electron chi connectivity index (χ1n) is 12.2. The van der Waals surface area contributed by atoms with Gasteiger partial charge in [0.15, 0.2) is 5.78 Å². The van der Waals surface area contributed by atoms with Gasteiger partial charge >= 0.3 is 11.9 Å². The topological polar surface area (TPSA) is 81.7 Å². The fourth-order valence-electron chi connectivity index (χ4n) is 4.84. The van der Waals surface area contributed by atoms with E-state index in [0.717, 1.165) is 16.8 Å². The third kappa shape index (κ3) is 5.39. The number of halogens is 1. The summed E-state index contributed by atoms with van der Waals surface area (Å²) in [4.78, 5) is 38.4. The normalized spacial score (nSPS) is 20.4. The molecule has 0 radical (unpaired) electrons. The van der Waals surface area contributed by atoms with Gasteiger partial charge < -0.3 is 14.8 Å². The molecule has 2 aromatic rings. The summed E-state index contributed by atoms with van der Waals surface area (Å²) >= 11 is 6.06. The third-order valence-electron chi connectivity index (χ3n) is 6.75. The zero-order valence-electron chi connectivity index (χ0n) is 20.9. The standard InChI is InChI=1S/C29H30ClNO5/c1-5-16(2)35-29(34)26-17(3)31-24-14-21(19-6-10-22(30)11-7-19)15-25(33)28(24)27(26)20-8-12-23(13-9-20)36-18(4)32/h6-13,16,21,27,31H,5,14-15H2,1-4H3/t16-,21-,27-/m0/s1. The Bertz CT molecular complexity index is 1240. The smallest absolute Gasteiger partial charge is 0.337 e. The van der Waals surface area contributed by atoms with Gasteiger partial charge in [0.25, 0.3) is 0 Å².